The van der Waals surface area contributed by atoms with E-state index in [1.165, 1.54) is 0 Å². The highest BCUT2D eigenvalue weighted by Crippen LogP contribution is 2.14. The number of ether oxygens (including phenoxy) is 1. The first-order chi connectivity index (χ1) is 5.37. The van der Waals surface area contributed by atoms with Crippen LogP contribution in [0.4, 0.5) is 0 Å². The largest absolute Gasteiger partial charge is 0.456 e. The molecule has 0 aromatic heterocycles. The fourth-order valence-electron chi connectivity index (χ4n) is 0.498. The van der Waals surface area contributed by atoms with E-state index in [1.54, 1.807) is 12.2 Å². The van der Waals surface area contributed by atoms with E-state index >= 15 is 0 Å². The summed E-state index contributed by atoms with van der Waals surface area (Å²) in [6.07, 6.45) is 3.18. The van der Waals surface area contributed by atoms with E-state index in [2.05, 4.69) is 6.58 Å². The molecule has 0 unspecified atom stereocenters. The second-order valence-electron chi connectivity index (χ2n) is 3.25. The highest BCUT2D eigenvalue weighted by atomic mass is 127. The van der Waals surface area contributed by atoms with E-state index in [9.17, 15) is 4.79 Å². The van der Waals surface area contributed by atoms with Gasteiger partial charge in [0.05, 0.1) is 3.58 Å². The number of hydrogen-bond donors (Lipinski definition) is 0. The lowest BCUT2D eigenvalue weighted by Crippen LogP contribution is -2.23. The normalized spacial score (nSPS) is 12.5. The van der Waals surface area contributed by atoms with Gasteiger partial charge in [-0.3, -0.25) is 0 Å². The fourth-order valence-corrected chi connectivity index (χ4v) is 0.863. The van der Waals surface area contributed by atoms with Gasteiger partial charge in [0, 0.05) is 0 Å². The van der Waals surface area contributed by atoms with Gasteiger partial charge in [0.25, 0.3) is 0 Å². The molecular weight excluding hydrogens is 267 g/mol. The van der Waals surface area contributed by atoms with Crippen LogP contribution in [0.3, 0.4) is 0 Å². The van der Waals surface area contributed by atoms with E-state index in [1.807, 2.05) is 43.4 Å². The standard InChI is InChI=1S/C9H13IO2/c1-5-6-7(10)8(11)12-9(2,3)4/h5-6H,1H2,2-4H3/b7-6-. The maximum atomic E-state index is 11.2. The van der Waals surface area contributed by atoms with E-state index in [4.69, 9.17) is 4.74 Å². The monoisotopic (exact) mass is 280 g/mol. The van der Waals surface area contributed by atoms with Crippen LogP contribution in [0.5, 0.6) is 0 Å². The number of esters is 1. The summed E-state index contributed by atoms with van der Waals surface area (Å²) in [7, 11) is 0. The molecule has 0 saturated carbocycles. The van der Waals surface area contributed by atoms with Gasteiger partial charge in [-0.2, -0.15) is 0 Å². The number of rotatable bonds is 2. The molecule has 0 atom stereocenters. The molecule has 0 rings (SSSR count). The number of hydrogen-bond acceptors (Lipinski definition) is 2. The Hall–Kier alpha value is -0.320. The smallest absolute Gasteiger partial charge is 0.344 e. The highest BCUT2D eigenvalue weighted by molar-refractivity contribution is 14.1. The topological polar surface area (TPSA) is 26.3 Å². The number of carbonyl (C=O) groups excluding carboxylic acids is 1. The van der Waals surface area contributed by atoms with Gasteiger partial charge in [0.2, 0.25) is 0 Å². The minimum Gasteiger partial charge on any atom is -0.456 e. The molecule has 0 radical (unpaired) electrons. The summed E-state index contributed by atoms with van der Waals surface area (Å²) in [5.74, 6) is -0.303. The zero-order chi connectivity index (χ0) is 9.78. The molecular formula is C9H13IO2. The Morgan fingerprint density at radius 3 is 2.33 bits per heavy atom. The predicted molar refractivity (Wildman–Crippen MR) is 58.1 cm³/mol. The van der Waals surface area contributed by atoms with Crippen LogP contribution in [0.1, 0.15) is 20.8 Å². The minimum absolute atomic E-state index is 0.303. The second-order valence-corrected chi connectivity index (χ2v) is 4.41. The maximum absolute atomic E-state index is 11.2. The third kappa shape index (κ3) is 5.35. The molecule has 3 heteroatoms. The van der Waals surface area contributed by atoms with Crippen LogP contribution in [0.25, 0.3) is 0 Å². The van der Waals surface area contributed by atoms with Crippen LogP contribution in [-0.4, -0.2) is 11.6 Å². The van der Waals surface area contributed by atoms with Crippen molar-refractivity contribution in [2.45, 2.75) is 26.4 Å². The van der Waals surface area contributed by atoms with Crippen LogP contribution in [0.2, 0.25) is 0 Å². The van der Waals surface area contributed by atoms with Gasteiger partial charge >= 0.3 is 5.97 Å². The molecule has 0 saturated heterocycles. The van der Waals surface area contributed by atoms with Crippen molar-refractivity contribution >= 4 is 28.6 Å². The molecule has 12 heavy (non-hydrogen) atoms. The summed E-state index contributed by atoms with van der Waals surface area (Å²) in [6, 6.07) is 0. The van der Waals surface area contributed by atoms with Crippen molar-refractivity contribution in [3.05, 3.63) is 22.3 Å². The lowest BCUT2D eigenvalue weighted by Gasteiger charge is -2.18. The summed E-state index contributed by atoms with van der Waals surface area (Å²) in [4.78, 5) is 11.2. The zero-order valence-corrected chi connectivity index (χ0v) is 9.71. The van der Waals surface area contributed by atoms with Crippen molar-refractivity contribution in [1.82, 2.24) is 0 Å². The Labute approximate surface area is 86.8 Å². The Kier molecular flexibility index (Phi) is 4.52. The zero-order valence-electron chi connectivity index (χ0n) is 7.56. The Morgan fingerprint density at radius 1 is 1.50 bits per heavy atom. The molecule has 2 nitrogen and oxygen atoms in total. The molecule has 0 N–H and O–H groups in total. The molecule has 0 aliphatic heterocycles. The summed E-state index contributed by atoms with van der Waals surface area (Å²) in [6.45, 7) is 9.00. The predicted octanol–water partition coefficient (Wildman–Crippen LogP) is 2.83. The summed E-state index contributed by atoms with van der Waals surface area (Å²) in [5, 5.41) is 0. The van der Waals surface area contributed by atoms with Gasteiger partial charge in [0.15, 0.2) is 0 Å². The van der Waals surface area contributed by atoms with Crippen LogP contribution in [0.15, 0.2) is 22.3 Å². The van der Waals surface area contributed by atoms with Crippen molar-refractivity contribution in [2.75, 3.05) is 0 Å². The van der Waals surface area contributed by atoms with Gasteiger partial charge in [-0.25, -0.2) is 4.79 Å². The van der Waals surface area contributed by atoms with Gasteiger partial charge < -0.3 is 4.74 Å². The van der Waals surface area contributed by atoms with E-state index < -0.39 is 5.60 Å². The molecule has 0 fully saturated rings. The first-order valence-corrected chi connectivity index (χ1v) is 4.66. The summed E-state index contributed by atoms with van der Waals surface area (Å²) < 4.78 is 5.63. The fraction of sp³-hybridized carbons (Fsp3) is 0.444. The Bertz CT molecular complexity index is 211. The first kappa shape index (κ1) is 11.7. The van der Waals surface area contributed by atoms with Crippen LogP contribution in [0, 0.1) is 0 Å². The van der Waals surface area contributed by atoms with E-state index in [0.717, 1.165) is 0 Å². The van der Waals surface area contributed by atoms with Gasteiger partial charge in [-0.15, -0.1) is 0 Å². The number of carbonyl (C=O) groups is 1. The van der Waals surface area contributed by atoms with Crippen molar-refractivity contribution in [3.63, 3.8) is 0 Å². The lowest BCUT2D eigenvalue weighted by atomic mass is 10.2. The van der Waals surface area contributed by atoms with E-state index in [0.29, 0.717) is 3.58 Å². The average molecular weight is 280 g/mol. The Morgan fingerprint density at radius 2 is 2.00 bits per heavy atom. The Balaban J connectivity index is 4.24. The quantitative estimate of drug-likeness (QED) is 0.336. The van der Waals surface area contributed by atoms with Crippen LogP contribution < -0.4 is 0 Å². The number of halogens is 1. The average Bonchev–Trinajstić information content (AvgIpc) is 1.84. The van der Waals surface area contributed by atoms with Gasteiger partial charge in [0.1, 0.15) is 5.60 Å². The molecule has 0 aliphatic rings. The third-order valence-electron chi connectivity index (χ3n) is 0.858. The molecule has 0 amide bonds. The molecule has 68 valence electrons. The van der Waals surface area contributed by atoms with Crippen molar-refractivity contribution in [3.8, 4) is 0 Å². The lowest BCUT2D eigenvalue weighted by molar-refractivity contribution is -0.148. The van der Waals surface area contributed by atoms with Gasteiger partial charge in [-0.1, -0.05) is 12.7 Å². The molecule has 0 aliphatic carbocycles. The second kappa shape index (κ2) is 4.64. The molecule has 0 heterocycles. The van der Waals surface area contributed by atoms with Crippen molar-refractivity contribution in [1.29, 1.82) is 0 Å². The molecule has 0 aromatic carbocycles. The minimum atomic E-state index is -0.428. The molecule has 0 bridgehead atoms. The molecule has 0 aromatic rings. The SMILES string of the molecule is C=C/C=C(\I)C(=O)OC(C)(C)C. The third-order valence-corrected chi connectivity index (χ3v) is 1.66. The summed E-state index contributed by atoms with van der Waals surface area (Å²) in [5.41, 5.74) is -0.428. The van der Waals surface area contributed by atoms with Crippen molar-refractivity contribution in [2.24, 2.45) is 0 Å². The highest BCUT2D eigenvalue weighted by Gasteiger charge is 2.17. The van der Waals surface area contributed by atoms with Gasteiger partial charge in [-0.05, 0) is 49.4 Å². The number of allylic oxidation sites excluding steroid dienone is 2. The van der Waals surface area contributed by atoms with Crippen molar-refractivity contribution < 1.29 is 9.53 Å². The molecule has 0 spiro atoms. The summed E-state index contributed by atoms with van der Waals surface area (Å²) >= 11 is 1.92. The first-order valence-electron chi connectivity index (χ1n) is 3.58. The van der Waals surface area contributed by atoms with E-state index in [-0.39, 0.29) is 5.97 Å². The van der Waals surface area contributed by atoms with Crippen LogP contribution in [-0.2, 0) is 9.53 Å². The van der Waals surface area contributed by atoms with Crippen LogP contribution >= 0.6 is 22.6 Å². The maximum Gasteiger partial charge on any atom is 0.344 e.